The third-order valence-corrected chi connectivity index (χ3v) is 4.19. The lowest BCUT2D eigenvalue weighted by Crippen LogP contribution is -2.41. The summed E-state index contributed by atoms with van der Waals surface area (Å²) in [7, 11) is 2.10. The number of nitrogens with zero attached hydrogens (tertiary/aromatic N) is 3. The fraction of sp³-hybridized carbons (Fsp3) is 0.444. The van der Waals surface area contributed by atoms with Crippen LogP contribution < -0.4 is 5.32 Å². The predicted molar refractivity (Wildman–Crippen MR) is 92.0 cm³/mol. The summed E-state index contributed by atoms with van der Waals surface area (Å²) in [4.78, 5) is 14.6. The summed E-state index contributed by atoms with van der Waals surface area (Å²) < 4.78 is 7.55. The third kappa shape index (κ3) is 4.66. The molecule has 1 aromatic carbocycles. The molecule has 2 aromatic rings. The number of hydrogen-bond donors (Lipinski definition) is 1. The van der Waals surface area contributed by atoms with Crippen LogP contribution in [0.5, 0.6) is 0 Å². The maximum absolute atomic E-state index is 12.3. The standard InChI is InChI=1S/C18H24N4O2/c1-21-10-11-24-17(14-21)6-8-19-18(23)16-5-2-4-15(12-16)13-22-9-3-7-20-22/h2-5,7,9,12,17H,6,8,10-11,13-14H2,1H3,(H,19,23)/t17-/m1/s1. The van der Waals surface area contributed by atoms with Crippen molar-refractivity contribution < 1.29 is 9.53 Å². The van der Waals surface area contributed by atoms with Crippen molar-refractivity contribution in [2.75, 3.05) is 33.3 Å². The molecule has 1 aliphatic rings. The summed E-state index contributed by atoms with van der Waals surface area (Å²) in [6, 6.07) is 9.56. The highest BCUT2D eigenvalue weighted by atomic mass is 16.5. The van der Waals surface area contributed by atoms with Gasteiger partial charge < -0.3 is 15.0 Å². The number of nitrogens with one attached hydrogen (secondary N) is 1. The molecule has 1 saturated heterocycles. The van der Waals surface area contributed by atoms with Gasteiger partial charge in [-0.1, -0.05) is 12.1 Å². The molecule has 1 fully saturated rings. The maximum atomic E-state index is 12.3. The van der Waals surface area contributed by atoms with Crippen molar-refractivity contribution in [1.82, 2.24) is 20.0 Å². The van der Waals surface area contributed by atoms with E-state index >= 15 is 0 Å². The van der Waals surface area contributed by atoms with E-state index in [9.17, 15) is 4.79 Å². The third-order valence-electron chi connectivity index (χ3n) is 4.19. The average molecular weight is 328 g/mol. The zero-order chi connectivity index (χ0) is 16.8. The molecule has 24 heavy (non-hydrogen) atoms. The zero-order valence-corrected chi connectivity index (χ0v) is 14.0. The van der Waals surface area contributed by atoms with Crippen LogP contribution in [-0.4, -0.2) is 60.0 Å². The Morgan fingerprint density at radius 3 is 3.12 bits per heavy atom. The molecule has 1 N–H and O–H groups in total. The Hall–Kier alpha value is -2.18. The van der Waals surface area contributed by atoms with Gasteiger partial charge in [0, 0.05) is 37.6 Å². The van der Waals surface area contributed by atoms with Gasteiger partial charge in [-0.2, -0.15) is 5.10 Å². The van der Waals surface area contributed by atoms with Crippen LogP contribution in [-0.2, 0) is 11.3 Å². The molecule has 0 unspecified atom stereocenters. The Morgan fingerprint density at radius 2 is 2.33 bits per heavy atom. The minimum absolute atomic E-state index is 0.0403. The van der Waals surface area contributed by atoms with Crippen LogP contribution in [0.1, 0.15) is 22.3 Å². The Bertz CT molecular complexity index is 657. The monoisotopic (exact) mass is 328 g/mol. The van der Waals surface area contributed by atoms with E-state index in [0.717, 1.165) is 31.7 Å². The molecule has 6 heteroatoms. The van der Waals surface area contributed by atoms with E-state index in [0.29, 0.717) is 18.7 Å². The summed E-state index contributed by atoms with van der Waals surface area (Å²) in [5, 5.41) is 7.18. The number of morpholine rings is 1. The number of hydrogen-bond acceptors (Lipinski definition) is 4. The second kappa shape index (κ2) is 8.08. The van der Waals surface area contributed by atoms with Crippen LogP contribution in [0.25, 0.3) is 0 Å². The van der Waals surface area contributed by atoms with E-state index in [2.05, 4.69) is 22.4 Å². The second-order valence-corrected chi connectivity index (χ2v) is 6.20. The molecule has 6 nitrogen and oxygen atoms in total. The molecule has 2 heterocycles. The van der Waals surface area contributed by atoms with Gasteiger partial charge in [0.2, 0.25) is 0 Å². The number of amides is 1. The number of likely N-dealkylation sites (N-methyl/N-ethyl adjacent to an activating group) is 1. The number of carbonyl (C=O) groups is 1. The minimum atomic E-state index is -0.0403. The van der Waals surface area contributed by atoms with Crippen LogP contribution in [0.3, 0.4) is 0 Å². The molecule has 0 aliphatic carbocycles. The van der Waals surface area contributed by atoms with E-state index < -0.39 is 0 Å². The molecule has 1 aliphatic heterocycles. The quantitative estimate of drug-likeness (QED) is 0.870. The van der Waals surface area contributed by atoms with E-state index in [1.54, 1.807) is 6.20 Å². The van der Waals surface area contributed by atoms with Gasteiger partial charge in [-0.25, -0.2) is 0 Å². The largest absolute Gasteiger partial charge is 0.375 e. The number of benzene rings is 1. The van der Waals surface area contributed by atoms with Crippen molar-refractivity contribution in [3.8, 4) is 0 Å². The number of aromatic nitrogens is 2. The van der Waals surface area contributed by atoms with E-state index in [1.807, 2.05) is 41.2 Å². The molecule has 1 amide bonds. The SMILES string of the molecule is CN1CCO[C@H](CCNC(=O)c2cccc(Cn3cccn3)c2)C1. The Kier molecular flexibility index (Phi) is 5.61. The van der Waals surface area contributed by atoms with Crippen molar-refractivity contribution in [2.45, 2.75) is 19.1 Å². The molecule has 0 saturated carbocycles. The highest BCUT2D eigenvalue weighted by Gasteiger charge is 2.17. The van der Waals surface area contributed by atoms with Crippen molar-refractivity contribution in [1.29, 1.82) is 0 Å². The smallest absolute Gasteiger partial charge is 0.251 e. The topological polar surface area (TPSA) is 59.4 Å². The first-order chi connectivity index (χ1) is 11.7. The number of rotatable bonds is 6. The first-order valence-electron chi connectivity index (χ1n) is 8.35. The average Bonchev–Trinajstić information content (AvgIpc) is 3.08. The molecular formula is C18H24N4O2. The molecule has 3 rings (SSSR count). The number of carbonyl (C=O) groups excluding carboxylic acids is 1. The van der Waals surface area contributed by atoms with E-state index in [-0.39, 0.29) is 12.0 Å². The van der Waals surface area contributed by atoms with E-state index in [1.165, 1.54) is 0 Å². The molecule has 0 bridgehead atoms. The van der Waals surface area contributed by atoms with Crippen molar-refractivity contribution >= 4 is 5.91 Å². The van der Waals surface area contributed by atoms with Gasteiger partial charge in [0.15, 0.2) is 0 Å². The first kappa shape index (κ1) is 16.7. The molecule has 1 aromatic heterocycles. The van der Waals surface area contributed by atoms with Gasteiger partial charge in [-0.05, 0) is 37.2 Å². The van der Waals surface area contributed by atoms with Crippen LogP contribution in [0.4, 0.5) is 0 Å². The minimum Gasteiger partial charge on any atom is -0.375 e. The van der Waals surface area contributed by atoms with Gasteiger partial charge in [0.1, 0.15) is 0 Å². The van der Waals surface area contributed by atoms with Gasteiger partial charge in [-0.15, -0.1) is 0 Å². The van der Waals surface area contributed by atoms with Crippen LogP contribution in [0.2, 0.25) is 0 Å². The highest BCUT2D eigenvalue weighted by Crippen LogP contribution is 2.08. The lowest BCUT2D eigenvalue weighted by atomic mass is 10.1. The van der Waals surface area contributed by atoms with Gasteiger partial charge in [-0.3, -0.25) is 9.48 Å². The Morgan fingerprint density at radius 1 is 1.42 bits per heavy atom. The van der Waals surface area contributed by atoms with Crippen LogP contribution >= 0.6 is 0 Å². The normalized spacial score (nSPS) is 18.5. The zero-order valence-electron chi connectivity index (χ0n) is 14.0. The molecule has 0 radical (unpaired) electrons. The predicted octanol–water partition coefficient (Wildman–Crippen LogP) is 1.38. The highest BCUT2D eigenvalue weighted by molar-refractivity contribution is 5.94. The summed E-state index contributed by atoms with van der Waals surface area (Å²) in [5.41, 5.74) is 1.74. The fourth-order valence-corrected chi connectivity index (χ4v) is 2.88. The molecule has 1 atom stereocenters. The first-order valence-corrected chi connectivity index (χ1v) is 8.35. The molecule has 128 valence electrons. The van der Waals surface area contributed by atoms with Gasteiger partial charge in [0.25, 0.3) is 5.91 Å². The van der Waals surface area contributed by atoms with E-state index in [4.69, 9.17) is 4.74 Å². The number of ether oxygens (including phenoxy) is 1. The Labute approximate surface area is 142 Å². The summed E-state index contributed by atoms with van der Waals surface area (Å²) in [6.45, 7) is 3.96. The summed E-state index contributed by atoms with van der Waals surface area (Å²) >= 11 is 0. The Balaban J connectivity index is 1.49. The van der Waals surface area contributed by atoms with Crippen molar-refractivity contribution in [3.05, 3.63) is 53.9 Å². The van der Waals surface area contributed by atoms with Crippen LogP contribution in [0.15, 0.2) is 42.7 Å². The molecule has 0 spiro atoms. The van der Waals surface area contributed by atoms with Crippen molar-refractivity contribution in [3.63, 3.8) is 0 Å². The van der Waals surface area contributed by atoms with Gasteiger partial charge >= 0.3 is 0 Å². The summed E-state index contributed by atoms with van der Waals surface area (Å²) in [6.07, 6.45) is 4.70. The maximum Gasteiger partial charge on any atom is 0.251 e. The fourth-order valence-electron chi connectivity index (χ4n) is 2.88. The van der Waals surface area contributed by atoms with Crippen LogP contribution in [0, 0.1) is 0 Å². The lowest BCUT2D eigenvalue weighted by Gasteiger charge is -2.30. The van der Waals surface area contributed by atoms with Gasteiger partial charge in [0.05, 0.1) is 19.3 Å². The molecular weight excluding hydrogens is 304 g/mol. The summed E-state index contributed by atoms with van der Waals surface area (Å²) in [5.74, 6) is -0.0403. The lowest BCUT2D eigenvalue weighted by molar-refractivity contribution is -0.0226. The van der Waals surface area contributed by atoms with Crippen molar-refractivity contribution in [2.24, 2.45) is 0 Å². The second-order valence-electron chi connectivity index (χ2n) is 6.20.